The molecule has 5 nitrogen and oxygen atoms in total. The van der Waals surface area contributed by atoms with Crippen molar-refractivity contribution in [2.75, 3.05) is 13.7 Å². The zero-order valence-corrected chi connectivity index (χ0v) is 14.6. The molecule has 2 heterocycles. The van der Waals surface area contributed by atoms with Crippen molar-refractivity contribution < 1.29 is 14.3 Å². The summed E-state index contributed by atoms with van der Waals surface area (Å²) in [5.41, 5.74) is 2.98. The molecule has 3 rings (SSSR count). The van der Waals surface area contributed by atoms with Gasteiger partial charge in [-0.1, -0.05) is 0 Å². The molecule has 0 unspecified atom stereocenters. The summed E-state index contributed by atoms with van der Waals surface area (Å²) < 4.78 is 10.5. The quantitative estimate of drug-likeness (QED) is 0.705. The van der Waals surface area contributed by atoms with Gasteiger partial charge in [0, 0.05) is 23.7 Å². The molecular weight excluding hydrogens is 336 g/mol. The van der Waals surface area contributed by atoms with E-state index in [0.29, 0.717) is 12.3 Å². The molecule has 0 bridgehead atoms. The Balaban J connectivity index is 1.49. The minimum atomic E-state index is -0.176. The smallest absolute Gasteiger partial charge is 0.258 e. The molecule has 0 saturated heterocycles. The number of carbonyl (C=O) groups is 1. The molecule has 3 aromatic rings. The Morgan fingerprint density at radius 3 is 2.68 bits per heavy atom. The summed E-state index contributed by atoms with van der Waals surface area (Å²) in [5.74, 6) is 1.19. The van der Waals surface area contributed by atoms with Gasteiger partial charge in [0.25, 0.3) is 5.91 Å². The first-order valence-corrected chi connectivity index (χ1v) is 8.70. The van der Waals surface area contributed by atoms with Gasteiger partial charge >= 0.3 is 0 Å². The normalized spacial score (nSPS) is 10.3. The number of carbonyl (C=O) groups excluding carboxylic acids is 1. The number of pyridine rings is 1. The standard InChI is InChI=1S/C19H18N2O3S/c1-23-16-2-4-17(5-3-16)24-12-19(22)21-11-14-6-8-20-18(10-14)15-7-9-25-13-15/h2-10,13H,11-12H2,1H3,(H,21,22). The van der Waals surface area contributed by atoms with E-state index in [9.17, 15) is 4.79 Å². The molecule has 0 atom stereocenters. The first-order chi connectivity index (χ1) is 12.2. The van der Waals surface area contributed by atoms with Crippen LogP contribution in [-0.2, 0) is 11.3 Å². The lowest BCUT2D eigenvalue weighted by Gasteiger charge is -2.09. The van der Waals surface area contributed by atoms with Gasteiger partial charge in [-0.05, 0) is 53.4 Å². The van der Waals surface area contributed by atoms with Gasteiger partial charge in [-0.25, -0.2) is 0 Å². The molecule has 1 amide bonds. The van der Waals surface area contributed by atoms with Gasteiger partial charge in [0.05, 0.1) is 12.8 Å². The minimum Gasteiger partial charge on any atom is -0.497 e. The van der Waals surface area contributed by atoms with E-state index in [0.717, 1.165) is 22.6 Å². The van der Waals surface area contributed by atoms with E-state index in [1.54, 1.807) is 48.9 Å². The highest BCUT2D eigenvalue weighted by molar-refractivity contribution is 7.08. The topological polar surface area (TPSA) is 60.5 Å². The van der Waals surface area contributed by atoms with Crippen LogP contribution in [0.2, 0.25) is 0 Å². The summed E-state index contributed by atoms with van der Waals surface area (Å²) in [5, 5.41) is 6.92. The van der Waals surface area contributed by atoms with Crippen LogP contribution in [-0.4, -0.2) is 24.6 Å². The monoisotopic (exact) mass is 354 g/mol. The number of aromatic nitrogens is 1. The molecular formula is C19H18N2O3S. The molecule has 1 aromatic carbocycles. The Morgan fingerprint density at radius 1 is 1.16 bits per heavy atom. The second kappa shape index (κ2) is 8.30. The summed E-state index contributed by atoms with van der Waals surface area (Å²) in [7, 11) is 1.60. The maximum atomic E-state index is 12.0. The summed E-state index contributed by atoms with van der Waals surface area (Å²) in [6.07, 6.45) is 1.75. The first-order valence-electron chi connectivity index (χ1n) is 7.75. The van der Waals surface area contributed by atoms with Crippen molar-refractivity contribution in [3.8, 4) is 22.8 Å². The summed E-state index contributed by atoms with van der Waals surface area (Å²) in [6, 6.07) is 13.0. The number of nitrogens with zero attached hydrogens (tertiary/aromatic N) is 1. The average Bonchev–Trinajstić information content (AvgIpc) is 3.20. The molecule has 0 fully saturated rings. The molecule has 0 saturated carbocycles. The number of amides is 1. The van der Waals surface area contributed by atoms with E-state index < -0.39 is 0 Å². The molecule has 128 valence electrons. The largest absolute Gasteiger partial charge is 0.497 e. The van der Waals surface area contributed by atoms with Crippen molar-refractivity contribution in [1.29, 1.82) is 0 Å². The third kappa shape index (κ3) is 4.81. The van der Waals surface area contributed by atoms with Crippen LogP contribution in [0.4, 0.5) is 0 Å². The number of hydrogen-bond acceptors (Lipinski definition) is 5. The van der Waals surface area contributed by atoms with Crippen LogP contribution < -0.4 is 14.8 Å². The van der Waals surface area contributed by atoms with Gasteiger partial charge in [0.1, 0.15) is 11.5 Å². The molecule has 0 radical (unpaired) electrons. The zero-order valence-electron chi connectivity index (χ0n) is 13.8. The lowest BCUT2D eigenvalue weighted by Crippen LogP contribution is -2.28. The predicted octanol–water partition coefficient (Wildman–Crippen LogP) is 3.51. The maximum Gasteiger partial charge on any atom is 0.258 e. The molecule has 6 heteroatoms. The van der Waals surface area contributed by atoms with Gasteiger partial charge in [0.15, 0.2) is 6.61 Å². The number of hydrogen-bond donors (Lipinski definition) is 1. The molecule has 0 aliphatic heterocycles. The van der Waals surface area contributed by atoms with Crippen molar-refractivity contribution >= 4 is 17.2 Å². The van der Waals surface area contributed by atoms with Gasteiger partial charge < -0.3 is 14.8 Å². The van der Waals surface area contributed by atoms with Crippen molar-refractivity contribution in [2.24, 2.45) is 0 Å². The highest BCUT2D eigenvalue weighted by Gasteiger charge is 2.05. The molecule has 2 aromatic heterocycles. The summed E-state index contributed by atoms with van der Waals surface area (Å²) in [4.78, 5) is 16.3. The van der Waals surface area contributed by atoms with Crippen LogP contribution in [0.15, 0.2) is 59.4 Å². The lowest BCUT2D eigenvalue weighted by atomic mass is 10.1. The van der Waals surface area contributed by atoms with Crippen LogP contribution in [0, 0.1) is 0 Å². The van der Waals surface area contributed by atoms with Crippen LogP contribution >= 0.6 is 11.3 Å². The summed E-state index contributed by atoms with van der Waals surface area (Å²) >= 11 is 1.63. The second-order valence-electron chi connectivity index (χ2n) is 5.30. The maximum absolute atomic E-state index is 12.0. The second-order valence-corrected chi connectivity index (χ2v) is 6.08. The molecule has 0 aliphatic carbocycles. The fourth-order valence-corrected chi connectivity index (χ4v) is 2.87. The number of nitrogens with one attached hydrogen (secondary N) is 1. The van der Waals surface area contributed by atoms with Crippen LogP contribution in [0.5, 0.6) is 11.5 Å². The van der Waals surface area contributed by atoms with E-state index in [1.165, 1.54) is 0 Å². The van der Waals surface area contributed by atoms with E-state index in [4.69, 9.17) is 9.47 Å². The molecule has 25 heavy (non-hydrogen) atoms. The Bertz CT molecular complexity index is 817. The van der Waals surface area contributed by atoms with Gasteiger partial charge in [-0.15, -0.1) is 0 Å². The number of thiophene rings is 1. The lowest BCUT2D eigenvalue weighted by molar-refractivity contribution is -0.123. The van der Waals surface area contributed by atoms with Crippen molar-refractivity contribution in [1.82, 2.24) is 10.3 Å². The van der Waals surface area contributed by atoms with Gasteiger partial charge in [-0.3, -0.25) is 9.78 Å². The van der Waals surface area contributed by atoms with Gasteiger partial charge in [-0.2, -0.15) is 11.3 Å². The fraction of sp³-hybridized carbons (Fsp3) is 0.158. The fourth-order valence-electron chi connectivity index (χ4n) is 2.22. The summed E-state index contributed by atoms with van der Waals surface area (Å²) in [6.45, 7) is 0.402. The van der Waals surface area contributed by atoms with Crippen molar-refractivity contribution in [2.45, 2.75) is 6.54 Å². The average molecular weight is 354 g/mol. The van der Waals surface area contributed by atoms with Gasteiger partial charge in [0.2, 0.25) is 0 Å². The Hall–Kier alpha value is -2.86. The van der Waals surface area contributed by atoms with Crippen molar-refractivity contribution in [3.05, 3.63) is 65.0 Å². The Labute approximate surface area is 150 Å². The molecule has 0 spiro atoms. The van der Waals surface area contributed by atoms with E-state index in [2.05, 4.69) is 10.3 Å². The molecule has 0 aliphatic rings. The predicted molar refractivity (Wildman–Crippen MR) is 97.9 cm³/mol. The van der Waals surface area contributed by atoms with Crippen LogP contribution in [0.1, 0.15) is 5.56 Å². The van der Waals surface area contributed by atoms with Crippen LogP contribution in [0.25, 0.3) is 11.3 Å². The van der Waals surface area contributed by atoms with Crippen LogP contribution in [0.3, 0.4) is 0 Å². The Morgan fingerprint density at radius 2 is 1.96 bits per heavy atom. The number of ether oxygens (including phenoxy) is 2. The van der Waals surface area contributed by atoms with E-state index in [1.807, 2.05) is 29.0 Å². The molecule has 1 N–H and O–H groups in total. The number of methoxy groups -OCH3 is 1. The van der Waals surface area contributed by atoms with E-state index in [-0.39, 0.29) is 12.5 Å². The number of benzene rings is 1. The number of rotatable bonds is 7. The Kier molecular flexibility index (Phi) is 5.64. The van der Waals surface area contributed by atoms with Crippen molar-refractivity contribution in [3.63, 3.8) is 0 Å². The highest BCUT2D eigenvalue weighted by Crippen LogP contribution is 2.20. The zero-order chi connectivity index (χ0) is 17.5. The SMILES string of the molecule is COc1ccc(OCC(=O)NCc2ccnc(-c3ccsc3)c2)cc1. The van der Waals surface area contributed by atoms with E-state index >= 15 is 0 Å². The highest BCUT2D eigenvalue weighted by atomic mass is 32.1. The third-order valence-electron chi connectivity index (χ3n) is 3.56. The third-order valence-corrected chi connectivity index (χ3v) is 4.24. The minimum absolute atomic E-state index is 0.0329. The first kappa shape index (κ1) is 17.0.